The van der Waals surface area contributed by atoms with Crippen LogP contribution in [0.1, 0.15) is 6.92 Å². The molecule has 0 bridgehead atoms. The number of thiocarbonyl (C=S) groups is 2. The first-order valence-electron chi connectivity index (χ1n) is 5.05. The van der Waals surface area contributed by atoms with Gasteiger partial charge in [-0.15, -0.1) is 0 Å². The minimum atomic E-state index is 0.394. The fourth-order valence-corrected chi connectivity index (χ4v) is 2.18. The SMILES string of the molecule is CNC(=S)N1CCN(C(=S)NC)[C@@H](C)C1. The molecule has 0 spiro atoms. The van der Waals surface area contributed by atoms with E-state index in [1.165, 1.54) is 0 Å². The van der Waals surface area contributed by atoms with Crippen molar-refractivity contribution in [2.45, 2.75) is 13.0 Å². The van der Waals surface area contributed by atoms with Crippen molar-refractivity contribution in [2.75, 3.05) is 33.7 Å². The van der Waals surface area contributed by atoms with Gasteiger partial charge in [0.15, 0.2) is 10.2 Å². The standard InChI is InChI=1S/C9H18N4S2/c1-7-6-12(8(14)10-2)4-5-13(7)9(15)11-3/h7H,4-6H2,1-3H3,(H,10,14)(H,11,15)/t7-/m0/s1. The molecule has 0 aromatic rings. The van der Waals surface area contributed by atoms with E-state index in [0.717, 1.165) is 29.9 Å². The van der Waals surface area contributed by atoms with Gasteiger partial charge in [-0.2, -0.15) is 0 Å². The molecule has 0 radical (unpaired) electrons. The van der Waals surface area contributed by atoms with E-state index in [9.17, 15) is 0 Å². The summed E-state index contributed by atoms with van der Waals surface area (Å²) < 4.78 is 0. The van der Waals surface area contributed by atoms with Gasteiger partial charge < -0.3 is 20.4 Å². The second-order valence-corrected chi connectivity index (χ2v) is 4.37. The Morgan fingerprint density at radius 2 is 1.73 bits per heavy atom. The van der Waals surface area contributed by atoms with Gasteiger partial charge in [-0.05, 0) is 31.4 Å². The molecule has 1 aliphatic rings. The van der Waals surface area contributed by atoms with Crippen molar-refractivity contribution in [3.8, 4) is 0 Å². The maximum Gasteiger partial charge on any atom is 0.169 e. The molecule has 1 rings (SSSR count). The quantitative estimate of drug-likeness (QED) is 0.585. The molecule has 0 aliphatic carbocycles. The average molecular weight is 246 g/mol. The van der Waals surface area contributed by atoms with Gasteiger partial charge in [0.25, 0.3) is 0 Å². The molecule has 0 saturated carbocycles. The smallest absolute Gasteiger partial charge is 0.169 e. The first-order chi connectivity index (χ1) is 7.10. The first-order valence-corrected chi connectivity index (χ1v) is 5.86. The van der Waals surface area contributed by atoms with Crippen LogP contribution in [0.3, 0.4) is 0 Å². The molecule has 1 aliphatic heterocycles. The summed E-state index contributed by atoms with van der Waals surface area (Å²) in [6, 6.07) is 0.394. The highest BCUT2D eigenvalue weighted by molar-refractivity contribution is 7.80. The van der Waals surface area contributed by atoms with E-state index in [1.54, 1.807) is 0 Å². The molecule has 15 heavy (non-hydrogen) atoms. The zero-order valence-electron chi connectivity index (χ0n) is 9.41. The Balaban J connectivity index is 2.55. The summed E-state index contributed by atoms with van der Waals surface area (Å²) in [4.78, 5) is 4.37. The Labute approximate surface area is 102 Å². The van der Waals surface area contributed by atoms with E-state index in [0.29, 0.717) is 6.04 Å². The topological polar surface area (TPSA) is 30.5 Å². The van der Waals surface area contributed by atoms with E-state index in [4.69, 9.17) is 24.4 Å². The molecular formula is C9H18N4S2. The van der Waals surface area contributed by atoms with Crippen LogP contribution < -0.4 is 10.6 Å². The molecule has 1 atom stereocenters. The van der Waals surface area contributed by atoms with Crippen LogP contribution in [0.2, 0.25) is 0 Å². The predicted octanol–water partition coefficient (Wildman–Crippen LogP) is 0.00110. The van der Waals surface area contributed by atoms with Gasteiger partial charge >= 0.3 is 0 Å². The maximum absolute atomic E-state index is 5.23. The van der Waals surface area contributed by atoms with E-state index in [2.05, 4.69) is 27.4 Å². The summed E-state index contributed by atoms with van der Waals surface area (Å²) in [7, 11) is 3.72. The van der Waals surface area contributed by atoms with Gasteiger partial charge in [0.05, 0.1) is 0 Å². The monoisotopic (exact) mass is 246 g/mol. The summed E-state index contributed by atoms with van der Waals surface area (Å²) >= 11 is 10.4. The van der Waals surface area contributed by atoms with Crippen LogP contribution in [-0.2, 0) is 0 Å². The van der Waals surface area contributed by atoms with Crippen LogP contribution in [0.15, 0.2) is 0 Å². The van der Waals surface area contributed by atoms with E-state index in [-0.39, 0.29) is 0 Å². The lowest BCUT2D eigenvalue weighted by Crippen LogP contribution is -2.58. The molecule has 0 unspecified atom stereocenters. The van der Waals surface area contributed by atoms with Crippen molar-refractivity contribution in [3.05, 3.63) is 0 Å². The molecule has 1 saturated heterocycles. The number of nitrogens with zero attached hydrogens (tertiary/aromatic N) is 2. The highest BCUT2D eigenvalue weighted by Crippen LogP contribution is 2.09. The molecular weight excluding hydrogens is 228 g/mol. The molecule has 4 nitrogen and oxygen atoms in total. The maximum atomic E-state index is 5.23. The fourth-order valence-electron chi connectivity index (χ4n) is 1.75. The van der Waals surface area contributed by atoms with E-state index < -0.39 is 0 Å². The summed E-state index contributed by atoms with van der Waals surface area (Å²) in [5.74, 6) is 0. The molecule has 0 aromatic heterocycles. The Hall–Kier alpha value is -0.620. The average Bonchev–Trinajstić information content (AvgIpc) is 2.26. The second kappa shape index (κ2) is 5.46. The van der Waals surface area contributed by atoms with Crippen LogP contribution in [0, 0.1) is 0 Å². The van der Waals surface area contributed by atoms with Gasteiger partial charge in [-0.1, -0.05) is 0 Å². The summed E-state index contributed by atoms with van der Waals surface area (Å²) in [5.41, 5.74) is 0. The van der Waals surface area contributed by atoms with Crippen LogP contribution >= 0.6 is 24.4 Å². The minimum absolute atomic E-state index is 0.394. The van der Waals surface area contributed by atoms with Crippen molar-refractivity contribution >= 4 is 34.7 Å². The second-order valence-electron chi connectivity index (χ2n) is 3.60. The molecule has 0 amide bonds. The number of hydrogen-bond donors (Lipinski definition) is 2. The van der Waals surface area contributed by atoms with Gasteiger partial charge in [-0.3, -0.25) is 0 Å². The molecule has 1 fully saturated rings. The Morgan fingerprint density at radius 3 is 2.20 bits per heavy atom. The van der Waals surface area contributed by atoms with Gasteiger partial charge in [0.2, 0.25) is 0 Å². The van der Waals surface area contributed by atoms with Crippen LogP contribution in [-0.4, -0.2) is 59.8 Å². The Bertz CT molecular complexity index is 256. The lowest BCUT2D eigenvalue weighted by atomic mass is 10.2. The molecule has 2 N–H and O–H groups in total. The highest BCUT2D eigenvalue weighted by atomic mass is 32.1. The minimum Gasteiger partial charge on any atom is -0.366 e. The summed E-state index contributed by atoms with van der Waals surface area (Å²) in [5, 5.41) is 7.65. The zero-order valence-corrected chi connectivity index (χ0v) is 11.0. The number of nitrogens with one attached hydrogen (secondary N) is 2. The summed E-state index contributed by atoms with van der Waals surface area (Å²) in [6.45, 7) is 4.92. The Kier molecular flexibility index (Phi) is 4.53. The predicted molar refractivity (Wildman–Crippen MR) is 71.1 cm³/mol. The fraction of sp³-hybridized carbons (Fsp3) is 0.778. The number of piperazine rings is 1. The largest absolute Gasteiger partial charge is 0.366 e. The van der Waals surface area contributed by atoms with Crippen molar-refractivity contribution in [3.63, 3.8) is 0 Å². The molecule has 6 heteroatoms. The lowest BCUT2D eigenvalue weighted by molar-refractivity contribution is 0.194. The van der Waals surface area contributed by atoms with Crippen molar-refractivity contribution in [1.29, 1.82) is 0 Å². The number of hydrogen-bond acceptors (Lipinski definition) is 2. The van der Waals surface area contributed by atoms with Crippen molar-refractivity contribution in [2.24, 2.45) is 0 Å². The van der Waals surface area contributed by atoms with Crippen LogP contribution in [0.5, 0.6) is 0 Å². The molecule has 1 heterocycles. The molecule has 0 aromatic carbocycles. The van der Waals surface area contributed by atoms with E-state index in [1.807, 2.05) is 14.1 Å². The van der Waals surface area contributed by atoms with Gasteiger partial charge in [0.1, 0.15) is 0 Å². The van der Waals surface area contributed by atoms with E-state index >= 15 is 0 Å². The first kappa shape index (κ1) is 12.4. The molecule has 86 valence electrons. The van der Waals surface area contributed by atoms with Crippen LogP contribution in [0.25, 0.3) is 0 Å². The Morgan fingerprint density at radius 1 is 1.13 bits per heavy atom. The normalized spacial score (nSPS) is 21.1. The third-order valence-corrected chi connectivity index (χ3v) is 3.50. The summed E-state index contributed by atoms with van der Waals surface area (Å²) in [6.07, 6.45) is 0. The van der Waals surface area contributed by atoms with Gasteiger partial charge in [-0.25, -0.2) is 0 Å². The van der Waals surface area contributed by atoms with Crippen LogP contribution in [0.4, 0.5) is 0 Å². The highest BCUT2D eigenvalue weighted by Gasteiger charge is 2.25. The lowest BCUT2D eigenvalue weighted by Gasteiger charge is -2.41. The third kappa shape index (κ3) is 2.92. The number of rotatable bonds is 0. The zero-order chi connectivity index (χ0) is 11.4. The van der Waals surface area contributed by atoms with Crippen molar-refractivity contribution < 1.29 is 0 Å². The van der Waals surface area contributed by atoms with Crippen molar-refractivity contribution in [1.82, 2.24) is 20.4 Å². The van der Waals surface area contributed by atoms with Gasteiger partial charge in [0, 0.05) is 39.8 Å². The third-order valence-electron chi connectivity index (χ3n) is 2.60.